The largest absolute Gasteiger partial charge is 0.493 e. The van der Waals surface area contributed by atoms with Crippen LogP contribution in [0.4, 0.5) is 5.69 Å². The van der Waals surface area contributed by atoms with Crippen LogP contribution in [0.25, 0.3) is 0 Å². The minimum atomic E-state index is 0.106. The number of carbonyl (C=O) groups excluding carboxylic acids is 1. The van der Waals surface area contributed by atoms with Crippen LogP contribution in [0.3, 0.4) is 0 Å². The molecule has 2 atom stereocenters. The van der Waals surface area contributed by atoms with Crippen LogP contribution in [0.15, 0.2) is 24.3 Å². The van der Waals surface area contributed by atoms with Gasteiger partial charge in [0.1, 0.15) is 5.75 Å². The summed E-state index contributed by atoms with van der Waals surface area (Å²) in [4.78, 5) is 12.2. The highest BCUT2D eigenvalue weighted by molar-refractivity contribution is 5.90. The normalized spacial score (nSPS) is 22.4. The number of anilines is 1. The highest BCUT2D eigenvalue weighted by Crippen LogP contribution is 2.29. The first-order valence-corrected chi connectivity index (χ1v) is 8.94. The Morgan fingerprint density at radius 1 is 1.30 bits per heavy atom. The molecule has 1 saturated carbocycles. The molecular weight excluding hydrogens is 288 g/mol. The third-order valence-corrected chi connectivity index (χ3v) is 4.97. The second kappa shape index (κ2) is 7.82. The summed E-state index contributed by atoms with van der Waals surface area (Å²) in [5.74, 6) is 2.79. The molecule has 3 rings (SSSR count). The van der Waals surface area contributed by atoms with E-state index in [0.29, 0.717) is 18.3 Å². The van der Waals surface area contributed by atoms with Gasteiger partial charge in [0.25, 0.3) is 0 Å². The molecule has 1 aromatic carbocycles. The van der Waals surface area contributed by atoms with Crippen LogP contribution in [0, 0.1) is 17.8 Å². The molecule has 2 aliphatic rings. The molecule has 2 unspecified atom stereocenters. The smallest absolute Gasteiger partial charge is 0.224 e. The molecule has 1 aliphatic heterocycles. The summed E-state index contributed by atoms with van der Waals surface area (Å²) in [7, 11) is 0. The lowest BCUT2D eigenvalue weighted by atomic mass is 9.85. The van der Waals surface area contributed by atoms with Gasteiger partial charge in [-0.1, -0.05) is 6.92 Å². The van der Waals surface area contributed by atoms with Gasteiger partial charge in [0.05, 0.1) is 6.61 Å². The first-order chi connectivity index (χ1) is 11.2. The molecule has 23 heavy (non-hydrogen) atoms. The SMILES string of the molecule is CC(CC(=O)Nc1ccc(OCC2CC2)cc1)C1CCCNC1. The summed E-state index contributed by atoms with van der Waals surface area (Å²) >= 11 is 0. The lowest BCUT2D eigenvalue weighted by Crippen LogP contribution is -2.34. The van der Waals surface area contributed by atoms with Gasteiger partial charge in [0.15, 0.2) is 0 Å². The van der Waals surface area contributed by atoms with E-state index in [0.717, 1.165) is 37.1 Å². The van der Waals surface area contributed by atoms with Gasteiger partial charge in [0, 0.05) is 12.1 Å². The van der Waals surface area contributed by atoms with E-state index >= 15 is 0 Å². The number of rotatable bonds is 7. The molecule has 4 nitrogen and oxygen atoms in total. The Morgan fingerprint density at radius 2 is 2.09 bits per heavy atom. The maximum absolute atomic E-state index is 12.2. The van der Waals surface area contributed by atoms with Gasteiger partial charge in [-0.25, -0.2) is 0 Å². The van der Waals surface area contributed by atoms with Crippen molar-refractivity contribution in [2.45, 2.75) is 39.0 Å². The third kappa shape index (κ3) is 5.24. The number of nitrogens with one attached hydrogen (secondary N) is 2. The number of piperidine rings is 1. The Balaban J connectivity index is 1.42. The fourth-order valence-electron chi connectivity index (χ4n) is 3.17. The summed E-state index contributed by atoms with van der Waals surface area (Å²) in [6.45, 7) is 5.16. The topological polar surface area (TPSA) is 50.4 Å². The van der Waals surface area contributed by atoms with Crippen LogP contribution in [0.5, 0.6) is 5.75 Å². The molecule has 2 fully saturated rings. The molecule has 0 bridgehead atoms. The molecule has 4 heteroatoms. The van der Waals surface area contributed by atoms with Crippen molar-refractivity contribution >= 4 is 11.6 Å². The van der Waals surface area contributed by atoms with E-state index in [1.54, 1.807) is 0 Å². The minimum absolute atomic E-state index is 0.106. The number of amides is 1. The van der Waals surface area contributed by atoms with Crippen molar-refractivity contribution in [2.75, 3.05) is 25.0 Å². The third-order valence-electron chi connectivity index (χ3n) is 4.97. The lowest BCUT2D eigenvalue weighted by molar-refractivity contribution is -0.117. The van der Waals surface area contributed by atoms with Crippen LogP contribution in [-0.4, -0.2) is 25.6 Å². The maximum atomic E-state index is 12.2. The number of carbonyl (C=O) groups is 1. The minimum Gasteiger partial charge on any atom is -0.493 e. The molecule has 1 heterocycles. The Kier molecular flexibility index (Phi) is 5.55. The molecule has 0 aromatic heterocycles. The van der Waals surface area contributed by atoms with Crippen LogP contribution >= 0.6 is 0 Å². The van der Waals surface area contributed by atoms with Crippen LogP contribution in [0.2, 0.25) is 0 Å². The van der Waals surface area contributed by atoms with Gasteiger partial charge >= 0.3 is 0 Å². The second-order valence-electron chi connectivity index (χ2n) is 7.11. The Hall–Kier alpha value is -1.55. The van der Waals surface area contributed by atoms with Gasteiger partial charge in [-0.3, -0.25) is 4.79 Å². The molecule has 126 valence electrons. The summed E-state index contributed by atoms with van der Waals surface area (Å²) in [6.07, 6.45) is 5.63. The van der Waals surface area contributed by atoms with E-state index in [2.05, 4.69) is 17.6 Å². The van der Waals surface area contributed by atoms with E-state index < -0.39 is 0 Å². The number of hydrogen-bond donors (Lipinski definition) is 2. The molecule has 1 aliphatic carbocycles. The highest BCUT2D eigenvalue weighted by atomic mass is 16.5. The summed E-state index contributed by atoms with van der Waals surface area (Å²) < 4.78 is 5.71. The standard InChI is InChI=1S/C19H28N2O2/c1-14(16-3-2-10-20-12-16)11-19(22)21-17-6-8-18(9-7-17)23-13-15-4-5-15/h6-9,14-16,20H,2-5,10-13H2,1H3,(H,21,22). The van der Waals surface area contributed by atoms with Crippen molar-refractivity contribution in [1.29, 1.82) is 0 Å². The maximum Gasteiger partial charge on any atom is 0.224 e. The van der Waals surface area contributed by atoms with E-state index in [-0.39, 0.29) is 5.91 Å². The average molecular weight is 316 g/mol. The van der Waals surface area contributed by atoms with E-state index in [9.17, 15) is 4.79 Å². The monoisotopic (exact) mass is 316 g/mol. The lowest BCUT2D eigenvalue weighted by Gasteiger charge is -2.28. The average Bonchev–Trinajstić information content (AvgIpc) is 3.39. The van der Waals surface area contributed by atoms with Crippen molar-refractivity contribution in [3.63, 3.8) is 0 Å². The Bertz CT molecular complexity index is 505. The first kappa shape index (κ1) is 16.3. The van der Waals surface area contributed by atoms with E-state index in [1.807, 2.05) is 24.3 Å². The van der Waals surface area contributed by atoms with Crippen molar-refractivity contribution < 1.29 is 9.53 Å². The first-order valence-electron chi connectivity index (χ1n) is 8.94. The fraction of sp³-hybridized carbons (Fsp3) is 0.632. The highest BCUT2D eigenvalue weighted by Gasteiger charge is 2.22. The second-order valence-corrected chi connectivity index (χ2v) is 7.11. The Labute approximate surface area is 139 Å². The van der Waals surface area contributed by atoms with Gasteiger partial charge in [-0.2, -0.15) is 0 Å². The van der Waals surface area contributed by atoms with Crippen molar-refractivity contribution in [3.05, 3.63) is 24.3 Å². The van der Waals surface area contributed by atoms with Crippen LogP contribution < -0.4 is 15.4 Å². The number of ether oxygens (including phenoxy) is 1. The van der Waals surface area contributed by atoms with Crippen molar-refractivity contribution in [3.8, 4) is 5.75 Å². The zero-order chi connectivity index (χ0) is 16.1. The van der Waals surface area contributed by atoms with E-state index in [1.165, 1.54) is 25.7 Å². The summed E-state index contributed by atoms with van der Waals surface area (Å²) in [5, 5.41) is 6.42. The predicted octanol–water partition coefficient (Wildman–Crippen LogP) is 3.44. The van der Waals surface area contributed by atoms with Crippen LogP contribution in [0.1, 0.15) is 39.0 Å². The fourth-order valence-corrected chi connectivity index (χ4v) is 3.17. The number of benzene rings is 1. The molecule has 1 amide bonds. The molecule has 0 spiro atoms. The molecule has 0 radical (unpaired) electrons. The molecule has 1 aromatic rings. The molecular formula is C19H28N2O2. The van der Waals surface area contributed by atoms with Crippen molar-refractivity contribution in [1.82, 2.24) is 5.32 Å². The van der Waals surface area contributed by atoms with Gasteiger partial charge < -0.3 is 15.4 Å². The predicted molar refractivity (Wildman–Crippen MR) is 92.7 cm³/mol. The molecule has 1 saturated heterocycles. The zero-order valence-electron chi connectivity index (χ0n) is 14.0. The zero-order valence-corrected chi connectivity index (χ0v) is 14.0. The Morgan fingerprint density at radius 3 is 2.74 bits per heavy atom. The molecule has 2 N–H and O–H groups in total. The summed E-state index contributed by atoms with van der Waals surface area (Å²) in [6, 6.07) is 7.72. The van der Waals surface area contributed by atoms with Gasteiger partial charge in [-0.15, -0.1) is 0 Å². The van der Waals surface area contributed by atoms with Crippen LogP contribution in [-0.2, 0) is 4.79 Å². The quantitative estimate of drug-likeness (QED) is 0.810. The van der Waals surface area contributed by atoms with Gasteiger partial charge in [-0.05, 0) is 80.8 Å². The van der Waals surface area contributed by atoms with E-state index in [4.69, 9.17) is 4.74 Å². The van der Waals surface area contributed by atoms with Crippen molar-refractivity contribution in [2.24, 2.45) is 17.8 Å². The van der Waals surface area contributed by atoms with Gasteiger partial charge in [0.2, 0.25) is 5.91 Å². The summed E-state index contributed by atoms with van der Waals surface area (Å²) in [5.41, 5.74) is 0.850. The number of hydrogen-bond acceptors (Lipinski definition) is 3.